The van der Waals surface area contributed by atoms with E-state index in [2.05, 4.69) is 14.3 Å². The Balaban J connectivity index is 1.28. The molecule has 0 amide bonds. The molecule has 0 unspecified atom stereocenters. The Labute approximate surface area is 144 Å². The maximum Gasteiger partial charge on any atom is 0.205 e. The molecule has 5 nitrogen and oxygen atoms in total. The first-order chi connectivity index (χ1) is 11.3. The van der Waals surface area contributed by atoms with Crippen molar-refractivity contribution in [3.05, 3.63) is 29.3 Å². The van der Waals surface area contributed by atoms with E-state index < -0.39 is 0 Å². The summed E-state index contributed by atoms with van der Waals surface area (Å²) in [5, 5.41) is 1.66. The second-order valence-corrected chi connectivity index (χ2v) is 7.39. The number of pyridine rings is 1. The summed E-state index contributed by atoms with van der Waals surface area (Å²) < 4.78 is 10.3. The minimum Gasteiger partial charge on any atom is -0.492 e. The number of aromatic nitrogens is 3. The predicted molar refractivity (Wildman–Crippen MR) is 91.6 cm³/mol. The van der Waals surface area contributed by atoms with Crippen LogP contribution in [-0.2, 0) is 0 Å². The van der Waals surface area contributed by atoms with E-state index >= 15 is 0 Å². The smallest absolute Gasteiger partial charge is 0.205 e. The van der Waals surface area contributed by atoms with E-state index in [9.17, 15) is 0 Å². The van der Waals surface area contributed by atoms with Crippen molar-refractivity contribution >= 4 is 28.3 Å². The van der Waals surface area contributed by atoms with Crippen LogP contribution in [0.5, 0.6) is 5.75 Å². The summed E-state index contributed by atoms with van der Waals surface area (Å²) in [6, 6.07) is 1.82. The quantitative estimate of drug-likeness (QED) is 0.821. The van der Waals surface area contributed by atoms with E-state index in [1.54, 1.807) is 23.9 Å². The molecule has 2 fully saturated rings. The molecule has 1 aliphatic carbocycles. The predicted octanol–water partition coefficient (Wildman–Crippen LogP) is 3.76. The summed E-state index contributed by atoms with van der Waals surface area (Å²) in [6.07, 6.45) is 8.06. The number of rotatable bonds is 5. The van der Waals surface area contributed by atoms with Gasteiger partial charge in [-0.25, -0.2) is 4.98 Å². The number of ether oxygens (including phenoxy) is 1. The largest absolute Gasteiger partial charge is 0.492 e. The Bertz CT molecular complexity index is 668. The van der Waals surface area contributed by atoms with E-state index in [1.165, 1.54) is 12.8 Å². The van der Waals surface area contributed by atoms with Gasteiger partial charge in [0.15, 0.2) is 0 Å². The van der Waals surface area contributed by atoms with Gasteiger partial charge in [0.2, 0.25) is 5.13 Å². The highest BCUT2D eigenvalue weighted by molar-refractivity contribution is 7.09. The van der Waals surface area contributed by atoms with Crippen molar-refractivity contribution in [2.24, 2.45) is 5.92 Å². The number of hydrogen-bond acceptors (Lipinski definition) is 6. The van der Waals surface area contributed by atoms with E-state index in [1.807, 2.05) is 6.07 Å². The Hall–Kier alpha value is -1.40. The number of anilines is 1. The Morgan fingerprint density at radius 2 is 2.09 bits per heavy atom. The highest BCUT2D eigenvalue weighted by atomic mass is 35.5. The van der Waals surface area contributed by atoms with Gasteiger partial charge in [0.05, 0.1) is 6.61 Å². The second-order valence-electron chi connectivity index (χ2n) is 6.26. The minimum atomic E-state index is 0.561. The number of piperidine rings is 1. The molecule has 0 atom stereocenters. The summed E-state index contributed by atoms with van der Waals surface area (Å²) in [6.45, 7) is 2.76. The molecule has 4 rings (SSSR count). The third kappa shape index (κ3) is 3.58. The normalized spacial score (nSPS) is 19.1. The van der Waals surface area contributed by atoms with Gasteiger partial charge in [0.25, 0.3) is 0 Å². The van der Waals surface area contributed by atoms with Crippen molar-refractivity contribution in [3.63, 3.8) is 0 Å². The first-order valence-corrected chi connectivity index (χ1v) is 9.25. The van der Waals surface area contributed by atoms with Crippen LogP contribution in [-0.4, -0.2) is 34.0 Å². The molecule has 3 heterocycles. The third-order valence-electron chi connectivity index (χ3n) is 4.47. The molecule has 1 aliphatic heterocycles. The van der Waals surface area contributed by atoms with E-state index in [4.69, 9.17) is 21.3 Å². The van der Waals surface area contributed by atoms with Crippen LogP contribution in [0.25, 0.3) is 0 Å². The molecule has 0 aromatic carbocycles. The van der Waals surface area contributed by atoms with Crippen molar-refractivity contribution in [3.8, 4) is 5.75 Å². The van der Waals surface area contributed by atoms with Gasteiger partial charge < -0.3 is 9.64 Å². The number of halogens is 1. The topological polar surface area (TPSA) is 51.1 Å². The Morgan fingerprint density at radius 1 is 1.26 bits per heavy atom. The van der Waals surface area contributed by atoms with Crippen LogP contribution in [0, 0.1) is 5.92 Å². The number of hydrogen-bond donors (Lipinski definition) is 0. The van der Waals surface area contributed by atoms with Gasteiger partial charge in [-0.3, -0.25) is 4.98 Å². The van der Waals surface area contributed by atoms with E-state index in [-0.39, 0.29) is 0 Å². The standard InChI is InChI=1S/C16H19ClN4OS/c17-13-9-18-6-3-14(13)22-10-11-4-7-21(8-5-11)16-19-15(20-23-16)12-1-2-12/h3,6,9,11-12H,1-2,4-5,7-8,10H2. The van der Waals surface area contributed by atoms with Crippen LogP contribution in [0.4, 0.5) is 5.13 Å². The highest BCUT2D eigenvalue weighted by Crippen LogP contribution is 2.40. The highest BCUT2D eigenvalue weighted by Gasteiger charge is 2.29. The zero-order valence-corrected chi connectivity index (χ0v) is 14.4. The van der Waals surface area contributed by atoms with Gasteiger partial charge in [0.1, 0.15) is 16.6 Å². The first kappa shape index (κ1) is 15.1. The lowest BCUT2D eigenvalue weighted by Gasteiger charge is -2.31. The average Bonchev–Trinajstić information content (AvgIpc) is 3.32. The van der Waals surface area contributed by atoms with Crippen LogP contribution in [0.3, 0.4) is 0 Å². The fraction of sp³-hybridized carbons (Fsp3) is 0.562. The maximum absolute atomic E-state index is 6.07. The van der Waals surface area contributed by atoms with E-state index in [0.29, 0.717) is 23.5 Å². The summed E-state index contributed by atoms with van der Waals surface area (Å²) in [5.41, 5.74) is 0. The van der Waals surface area contributed by atoms with Crippen molar-refractivity contribution in [2.75, 3.05) is 24.6 Å². The minimum absolute atomic E-state index is 0.561. The van der Waals surface area contributed by atoms with Crippen molar-refractivity contribution in [1.29, 1.82) is 0 Å². The zero-order chi connectivity index (χ0) is 15.6. The third-order valence-corrected chi connectivity index (χ3v) is 5.54. The lowest BCUT2D eigenvalue weighted by atomic mass is 9.98. The number of nitrogens with zero attached hydrogens (tertiary/aromatic N) is 4. The molecule has 122 valence electrons. The average molecular weight is 351 g/mol. The van der Waals surface area contributed by atoms with Gasteiger partial charge in [-0.05, 0) is 31.6 Å². The zero-order valence-electron chi connectivity index (χ0n) is 12.8. The van der Waals surface area contributed by atoms with Gasteiger partial charge in [-0.2, -0.15) is 4.37 Å². The summed E-state index contributed by atoms with van der Waals surface area (Å²) >= 11 is 7.62. The Morgan fingerprint density at radius 3 is 2.83 bits per heavy atom. The van der Waals surface area contributed by atoms with Gasteiger partial charge in [-0.1, -0.05) is 11.6 Å². The molecule has 23 heavy (non-hydrogen) atoms. The fourth-order valence-electron chi connectivity index (χ4n) is 2.84. The SMILES string of the molecule is Clc1cnccc1OCC1CCN(c2nc(C3CC3)ns2)CC1. The molecule has 1 saturated carbocycles. The molecular formula is C16H19ClN4OS. The molecule has 1 saturated heterocycles. The van der Waals surface area contributed by atoms with Gasteiger partial charge >= 0.3 is 0 Å². The van der Waals surface area contributed by atoms with Crippen molar-refractivity contribution < 1.29 is 4.74 Å². The van der Waals surface area contributed by atoms with Gasteiger partial charge in [-0.15, -0.1) is 0 Å². The molecule has 0 spiro atoms. The molecule has 0 bridgehead atoms. The molecule has 2 aliphatic rings. The van der Waals surface area contributed by atoms with Gasteiger partial charge in [0, 0.05) is 49.0 Å². The fourth-order valence-corrected chi connectivity index (χ4v) is 3.81. The first-order valence-electron chi connectivity index (χ1n) is 8.10. The van der Waals surface area contributed by atoms with Crippen molar-refractivity contribution in [2.45, 2.75) is 31.6 Å². The van der Waals surface area contributed by atoms with Crippen LogP contribution in [0.1, 0.15) is 37.4 Å². The Kier molecular flexibility index (Phi) is 4.35. The molecule has 0 radical (unpaired) electrons. The van der Waals surface area contributed by atoms with Crippen LogP contribution < -0.4 is 9.64 Å². The van der Waals surface area contributed by atoms with Crippen LogP contribution in [0.15, 0.2) is 18.5 Å². The lowest BCUT2D eigenvalue weighted by Crippen LogP contribution is -2.35. The summed E-state index contributed by atoms with van der Waals surface area (Å²) in [7, 11) is 0. The molecule has 2 aromatic rings. The monoisotopic (exact) mass is 350 g/mol. The summed E-state index contributed by atoms with van der Waals surface area (Å²) in [4.78, 5) is 11.0. The lowest BCUT2D eigenvalue weighted by molar-refractivity contribution is 0.223. The van der Waals surface area contributed by atoms with Crippen LogP contribution in [0.2, 0.25) is 5.02 Å². The molecule has 0 N–H and O–H groups in total. The van der Waals surface area contributed by atoms with Crippen LogP contribution >= 0.6 is 23.1 Å². The second kappa shape index (κ2) is 6.61. The van der Waals surface area contributed by atoms with Crippen molar-refractivity contribution in [1.82, 2.24) is 14.3 Å². The summed E-state index contributed by atoms with van der Waals surface area (Å²) in [5.74, 6) is 2.98. The molecular weight excluding hydrogens is 332 g/mol. The molecule has 2 aromatic heterocycles. The maximum atomic E-state index is 6.07. The van der Waals surface area contributed by atoms with E-state index in [0.717, 1.165) is 42.6 Å². The molecule has 7 heteroatoms.